The van der Waals surface area contributed by atoms with Gasteiger partial charge in [0, 0.05) is 23.2 Å². The molecule has 0 radical (unpaired) electrons. The minimum atomic E-state index is -0.0239. The van der Waals surface area contributed by atoms with Gasteiger partial charge in [0.15, 0.2) is 0 Å². The van der Waals surface area contributed by atoms with Crippen LogP contribution in [0.3, 0.4) is 0 Å². The second-order valence-corrected chi connectivity index (χ2v) is 5.55. The summed E-state index contributed by atoms with van der Waals surface area (Å²) in [5.41, 5.74) is 2.49. The zero-order valence-electron chi connectivity index (χ0n) is 11.3. The standard InChI is InChI=1S/C16H14N2O3/c19-15-7-9-6-10(3-4-13(9)18-15)17-16(20)12-8-11(12)14-2-1-5-21-14/h1-6,11-12H,7-8H2,(H,17,20)(H,18,19)/t11-,12-/m1/s1. The third-order valence-corrected chi connectivity index (χ3v) is 4.03. The number of fused-ring (bicyclic) bond motifs is 1. The van der Waals surface area contributed by atoms with Crippen LogP contribution in [-0.2, 0) is 16.0 Å². The lowest BCUT2D eigenvalue weighted by Gasteiger charge is -2.06. The summed E-state index contributed by atoms with van der Waals surface area (Å²) in [5.74, 6) is 1.04. The largest absolute Gasteiger partial charge is 0.469 e. The molecular formula is C16H14N2O3. The van der Waals surface area contributed by atoms with Crippen molar-refractivity contribution in [2.45, 2.75) is 18.8 Å². The maximum atomic E-state index is 12.2. The summed E-state index contributed by atoms with van der Waals surface area (Å²) < 4.78 is 5.33. The van der Waals surface area contributed by atoms with Crippen LogP contribution in [0.15, 0.2) is 41.0 Å². The highest BCUT2D eigenvalue weighted by Gasteiger charge is 2.45. The van der Waals surface area contributed by atoms with Gasteiger partial charge in [0.05, 0.1) is 12.7 Å². The molecule has 5 heteroatoms. The maximum absolute atomic E-state index is 12.2. The number of furan rings is 1. The van der Waals surface area contributed by atoms with Crippen molar-refractivity contribution >= 4 is 23.2 Å². The molecule has 0 saturated heterocycles. The number of carbonyl (C=O) groups excluding carboxylic acids is 2. The highest BCUT2D eigenvalue weighted by Crippen LogP contribution is 2.48. The predicted octanol–water partition coefficient (Wildman–Crippen LogP) is 2.52. The summed E-state index contributed by atoms with van der Waals surface area (Å²) in [6.45, 7) is 0. The van der Waals surface area contributed by atoms with Crippen LogP contribution in [0.1, 0.15) is 23.7 Å². The molecule has 1 aliphatic carbocycles. The number of anilines is 2. The Balaban J connectivity index is 1.44. The Hall–Kier alpha value is -2.56. The van der Waals surface area contributed by atoms with Crippen LogP contribution in [0, 0.1) is 5.92 Å². The molecule has 1 saturated carbocycles. The maximum Gasteiger partial charge on any atom is 0.228 e. The zero-order chi connectivity index (χ0) is 14.4. The molecule has 2 amide bonds. The van der Waals surface area contributed by atoms with Crippen molar-refractivity contribution in [3.8, 4) is 0 Å². The molecule has 21 heavy (non-hydrogen) atoms. The number of benzene rings is 1. The zero-order valence-corrected chi connectivity index (χ0v) is 11.3. The van der Waals surface area contributed by atoms with E-state index in [4.69, 9.17) is 4.42 Å². The second-order valence-electron chi connectivity index (χ2n) is 5.55. The lowest BCUT2D eigenvalue weighted by Crippen LogP contribution is -2.14. The molecule has 2 atom stereocenters. The van der Waals surface area contributed by atoms with Crippen molar-refractivity contribution in [2.75, 3.05) is 10.6 Å². The van der Waals surface area contributed by atoms with Gasteiger partial charge in [-0.1, -0.05) is 0 Å². The Morgan fingerprint density at radius 2 is 2.24 bits per heavy atom. The first-order chi connectivity index (χ1) is 10.2. The molecule has 2 N–H and O–H groups in total. The molecule has 1 aromatic carbocycles. The van der Waals surface area contributed by atoms with Gasteiger partial charge in [-0.3, -0.25) is 9.59 Å². The van der Waals surface area contributed by atoms with E-state index in [2.05, 4.69) is 10.6 Å². The van der Waals surface area contributed by atoms with Crippen molar-refractivity contribution < 1.29 is 14.0 Å². The summed E-state index contributed by atoms with van der Waals surface area (Å²) in [4.78, 5) is 23.5. The molecule has 0 spiro atoms. The number of hydrogen-bond donors (Lipinski definition) is 2. The van der Waals surface area contributed by atoms with Crippen LogP contribution in [0.4, 0.5) is 11.4 Å². The van der Waals surface area contributed by atoms with Gasteiger partial charge in [0.1, 0.15) is 5.76 Å². The van der Waals surface area contributed by atoms with Crippen molar-refractivity contribution in [3.63, 3.8) is 0 Å². The first-order valence-electron chi connectivity index (χ1n) is 6.98. The Labute approximate surface area is 121 Å². The average Bonchev–Trinajstić information content (AvgIpc) is 2.91. The van der Waals surface area contributed by atoms with Gasteiger partial charge < -0.3 is 15.1 Å². The van der Waals surface area contributed by atoms with Gasteiger partial charge in [0.2, 0.25) is 11.8 Å². The van der Waals surface area contributed by atoms with Crippen LogP contribution < -0.4 is 10.6 Å². The number of nitrogens with one attached hydrogen (secondary N) is 2. The van der Waals surface area contributed by atoms with Gasteiger partial charge >= 0.3 is 0 Å². The van der Waals surface area contributed by atoms with E-state index in [1.165, 1.54) is 0 Å². The molecule has 5 nitrogen and oxygen atoms in total. The third-order valence-electron chi connectivity index (χ3n) is 4.03. The minimum absolute atomic E-state index is 0.00597. The Kier molecular flexibility index (Phi) is 2.60. The van der Waals surface area contributed by atoms with Gasteiger partial charge in [-0.05, 0) is 42.3 Å². The lowest BCUT2D eigenvalue weighted by atomic mass is 10.1. The van der Waals surface area contributed by atoms with Gasteiger partial charge in [-0.2, -0.15) is 0 Å². The van der Waals surface area contributed by atoms with Crippen molar-refractivity contribution in [3.05, 3.63) is 47.9 Å². The molecule has 0 bridgehead atoms. The number of rotatable bonds is 3. The Morgan fingerprint density at radius 1 is 1.33 bits per heavy atom. The summed E-state index contributed by atoms with van der Waals surface area (Å²) in [6.07, 6.45) is 2.83. The predicted molar refractivity (Wildman–Crippen MR) is 77.0 cm³/mol. The van der Waals surface area contributed by atoms with Gasteiger partial charge in [-0.15, -0.1) is 0 Å². The topological polar surface area (TPSA) is 71.3 Å². The van der Waals surface area contributed by atoms with Crippen molar-refractivity contribution in [1.29, 1.82) is 0 Å². The van der Waals surface area contributed by atoms with E-state index in [9.17, 15) is 9.59 Å². The monoisotopic (exact) mass is 282 g/mol. The Morgan fingerprint density at radius 3 is 3.05 bits per heavy atom. The molecular weight excluding hydrogens is 268 g/mol. The fourth-order valence-corrected chi connectivity index (χ4v) is 2.84. The highest BCUT2D eigenvalue weighted by atomic mass is 16.3. The molecule has 1 fully saturated rings. The second kappa shape index (κ2) is 4.48. The van der Waals surface area contributed by atoms with Crippen LogP contribution in [0.25, 0.3) is 0 Å². The fourth-order valence-electron chi connectivity index (χ4n) is 2.84. The van der Waals surface area contributed by atoms with Crippen molar-refractivity contribution in [2.24, 2.45) is 5.92 Å². The van der Waals surface area contributed by atoms with Crippen LogP contribution in [-0.4, -0.2) is 11.8 Å². The molecule has 4 rings (SSSR count). The average molecular weight is 282 g/mol. The summed E-state index contributed by atoms with van der Waals surface area (Å²) in [5, 5.41) is 5.70. The van der Waals surface area contributed by atoms with Gasteiger partial charge in [-0.25, -0.2) is 0 Å². The third kappa shape index (κ3) is 2.20. The molecule has 2 aliphatic rings. The molecule has 2 aromatic rings. The first kappa shape index (κ1) is 12.2. The first-order valence-corrected chi connectivity index (χ1v) is 6.98. The fraction of sp³-hybridized carbons (Fsp3) is 0.250. The van der Waals surface area contributed by atoms with E-state index in [1.54, 1.807) is 6.26 Å². The van der Waals surface area contributed by atoms with E-state index in [-0.39, 0.29) is 23.7 Å². The molecule has 106 valence electrons. The lowest BCUT2D eigenvalue weighted by molar-refractivity contribution is -0.117. The summed E-state index contributed by atoms with van der Waals surface area (Å²) in [6, 6.07) is 9.24. The van der Waals surface area contributed by atoms with Gasteiger partial charge in [0.25, 0.3) is 0 Å². The van der Waals surface area contributed by atoms with E-state index >= 15 is 0 Å². The quantitative estimate of drug-likeness (QED) is 0.908. The molecule has 0 unspecified atom stereocenters. The molecule has 2 heterocycles. The SMILES string of the molecule is O=C1Cc2cc(NC(=O)[C@@H]3C[C@H]3c3ccco3)ccc2N1. The van der Waals surface area contributed by atoms with Crippen molar-refractivity contribution in [1.82, 2.24) is 0 Å². The summed E-state index contributed by atoms with van der Waals surface area (Å²) in [7, 11) is 0. The van der Waals surface area contributed by atoms with E-state index in [0.717, 1.165) is 29.1 Å². The number of carbonyl (C=O) groups is 2. The normalized spacial score (nSPS) is 22.6. The van der Waals surface area contributed by atoms with Crippen LogP contribution >= 0.6 is 0 Å². The smallest absolute Gasteiger partial charge is 0.228 e. The van der Waals surface area contributed by atoms with E-state index in [0.29, 0.717) is 6.42 Å². The van der Waals surface area contributed by atoms with E-state index < -0.39 is 0 Å². The van der Waals surface area contributed by atoms with Crippen LogP contribution in [0.5, 0.6) is 0 Å². The highest BCUT2D eigenvalue weighted by molar-refractivity contribution is 6.01. The molecule has 1 aromatic heterocycles. The number of hydrogen-bond acceptors (Lipinski definition) is 3. The van der Waals surface area contributed by atoms with Crippen LogP contribution in [0.2, 0.25) is 0 Å². The summed E-state index contributed by atoms with van der Waals surface area (Å²) >= 11 is 0. The Bertz CT molecular complexity index is 721. The number of amides is 2. The molecule has 1 aliphatic heterocycles. The van der Waals surface area contributed by atoms with E-state index in [1.807, 2.05) is 30.3 Å². The minimum Gasteiger partial charge on any atom is -0.469 e.